The van der Waals surface area contributed by atoms with Crippen molar-refractivity contribution >= 4 is 17.2 Å². The smallest absolute Gasteiger partial charge is 0.276 e. The van der Waals surface area contributed by atoms with Gasteiger partial charge in [-0.2, -0.15) is 16.3 Å². The van der Waals surface area contributed by atoms with Crippen molar-refractivity contribution in [2.75, 3.05) is 13.1 Å². The van der Waals surface area contributed by atoms with Crippen LogP contribution in [0.2, 0.25) is 0 Å². The summed E-state index contributed by atoms with van der Waals surface area (Å²) in [5.74, 6) is 1.13. The van der Waals surface area contributed by atoms with Crippen LogP contribution in [-0.2, 0) is 7.05 Å². The summed E-state index contributed by atoms with van der Waals surface area (Å²) in [6.45, 7) is 1.11. The largest absolute Gasteiger partial charge is 0.339 e. The molecular weight excluding hydrogens is 304 g/mol. The van der Waals surface area contributed by atoms with Gasteiger partial charge in [-0.05, 0) is 11.4 Å². The third kappa shape index (κ3) is 2.19. The minimum absolute atomic E-state index is 0.0838. The highest BCUT2D eigenvalue weighted by molar-refractivity contribution is 7.08. The molecule has 4 rings (SSSR count). The Balaban J connectivity index is 1.42. The second-order valence-electron chi connectivity index (χ2n) is 5.15. The van der Waals surface area contributed by atoms with Crippen LogP contribution in [0.25, 0.3) is 11.4 Å². The topological polar surface area (TPSA) is 89.9 Å². The van der Waals surface area contributed by atoms with Gasteiger partial charge in [0, 0.05) is 31.1 Å². The van der Waals surface area contributed by atoms with E-state index in [1.165, 1.54) is 4.68 Å². The van der Waals surface area contributed by atoms with E-state index in [1.807, 2.05) is 16.8 Å². The molecule has 4 heterocycles. The molecule has 0 saturated carbocycles. The molecule has 0 N–H and O–H groups in total. The number of aromatic nitrogens is 5. The first-order chi connectivity index (χ1) is 10.7. The van der Waals surface area contributed by atoms with E-state index >= 15 is 0 Å². The standard InChI is InChI=1S/C13H12N6O2S/c1-18-6-10(15-17-18)13(20)19-4-9(5-19)12-14-11(16-21-12)8-2-3-22-7-8/h2-3,6-7,9H,4-5H2,1H3. The van der Waals surface area contributed by atoms with E-state index in [0.717, 1.165) is 5.56 Å². The summed E-state index contributed by atoms with van der Waals surface area (Å²) in [4.78, 5) is 18.3. The summed E-state index contributed by atoms with van der Waals surface area (Å²) >= 11 is 1.59. The van der Waals surface area contributed by atoms with Gasteiger partial charge in [-0.15, -0.1) is 5.10 Å². The maximum absolute atomic E-state index is 12.2. The van der Waals surface area contributed by atoms with Crippen LogP contribution in [0, 0.1) is 0 Å². The first-order valence-corrected chi connectivity index (χ1v) is 7.67. The number of aryl methyl sites for hydroxylation is 1. The van der Waals surface area contributed by atoms with Crippen LogP contribution in [0.3, 0.4) is 0 Å². The highest BCUT2D eigenvalue weighted by Crippen LogP contribution is 2.28. The summed E-state index contributed by atoms with van der Waals surface area (Å²) in [5.41, 5.74) is 1.30. The minimum atomic E-state index is -0.123. The molecule has 9 heteroatoms. The third-order valence-electron chi connectivity index (χ3n) is 3.56. The fourth-order valence-corrected chi connectivity index (χ4v) is 2.95. The highest BCUT2D eigenvalue weighted by Gasteiger charge is 2.36. The lowest BCUT2D eigenvalue weighted by molar-refractivity contribution is 0.0563. The van der Waals surface area contributed by atoms with Gasteiger partial charge >= 0.3 is 0 Å². The zero-order valence-electron chi connectivity index (χ0n) is 11.7. The summed E-state index contributed by atoms with van der Waals surface area (Å²) < 4.78 is 6.81. The number of rotatable bonds is 3. The highest BCUT2D eigenvalue weighted by atomic mass is 32.1. The van der Waals surface area contributed by atoms with Crippen LogP contribution in [0.4, 0.5) is 0 Å². The molecule has 0 aromatic carbocycles. The van der Waals surface area contributed by atoms with Gasteiger partial charge in [0.05, 0.1) is 12.1 Å². The number of nitrogens with zero attached hydrogens (tertiary/aromatic N) is 6. The fraction of sp³-hybridized carbons (Fsp3) is 0.308. The second kappa shape index (κ2) is 5.02. The van der Waals surface area contributed by atoms with Crippen molar-refractivity contribution in [3.8, 4) is 11.4 Å². The number of hydrogen-bond donors (Lipinski definition) is 0. The number of thiophene rings is 1. The summed E-state index contributed by atoms with van der Waals surface area (Å²) in [7, 11) is 1.73. The lowest BCUT2D eigenvalue weighted by Crippen LogP contribution is -2.48. The lowest BCUT2D eigenvalue weighted by atomic mass is 10.00. The Morgan fingerprint density at radius 3 is 3.00 bits per heavy atom. The molecule has 0 atom stereocenters. The van der Waals surface area contributed by atoms with Crippen LogP contribution in [0.15, 0.2) is 27.5 Å². The molecule has 0 aliphatic carbocycles. The molecule has 1 aliphatic rings. The van der Waals surface area contributed by atoms with Gasteiger partial charge in [0.1, 0.15) is 0 Å². The Labute approximate surface area is 129 Å². The second-order valence-corrected chi connectivity index (χ2v) is 5.93. The summed E-state index contributed by atoms with van der Waals surface area (Å²) in [5, 5.41) is 15.5. The molecule has 1 amide bonds. The first-order valence-electron chi connectivity index (χ1n) is 6.72. The third-order valence-corrected chi connectivity index (χ3v) is 4.24. The molecule has 112 valence electrons. The van der Waals surface area contributed by atoms with Gasteiger partial charge in [-0.3, -0.25) is 9.48 Å². The van der Waals surface area contributed by atoms with E-state index in [1.54, 1.807) is 29.5 Å². The summed E-state index contributed by atoms with van der Waals surface area (Å²) in [6, 6.07) is 1.95. The van der Waals surface area contributed by atoms with Crippen molar-refractivity contribution in [2.45, 2.75) is 5.92 Å². The van der Waals surface area contributed by atoms with Crippen molar-refractivity contribution < 1.29 is 9.32 Å². The number of likely N-dealkylation sites (tertiary alicyclic amines) is 1. The van der Waals surface area contributed by atoms with Crippen molar-refractivity contribution in [3.05, 3.63) is 34.6 Å². The van der Waals surface area contributed by atoms with Crippen LogP contribution in [0.1, 0.15) is 22.3 Å². The summed E-state index contributed by atoms with van der Waals surface area (Å²) in [6.07, 6.45) is 1.61. The molecule has 3 aromatic rings. The number of carbonyl (C=O) groups is 1. The predicted octanol–water partition coefficient (Wildman–Crippen LogP) is 1.17. The van der Waals surface area contributed by atoms with Crippen LogP contribution in [0.5, 0.6) is 0 Å². The maximum Gasteiger partial charge on any atom is 0.276 e. The van der Waals surface area contributed by atoms with Gasteiger partial charge in [0.25, 0.3) is 5.91 Å². The normalized spacial score (nSPS) is 15.0. The zero-order chi connectivity index (χ0) is 15.1. The molecular formula is C13H12N6O2S. The van der Waals surface area contributed by atoms with Crippen molar-refractivity contribution in [2.24, 2.45) is 7.05 Å². The Morgan fingerprint density at radius 1 is 1.45 bits per heavy atom. The number of carbonyl (C=O) groups excluding carboxylic acids is 1. The fourth-order valence-electron chi connectivity index (χ4n) is 2.32. The maximum atomic E-state index is 12.2. The molecule has 0 bridgehead atoms. The molecule has 1 saturated heterocycles. The monoisotopic (exact) mass is 316 g/mol. The van der Waals surface area contributed by atoms with Crippen molar-refractivity contribution in [3.63, 3.8) is 0 Å². The Bertz CT molecular complexity index is 802. The van der Waals surface area contributed by atoms with Crippen LogP contribution in [-0.4, -0.2) is 49.0 Å². The SMILES string of the molecule is Cn1cc(C(=O)N2CC(c3nc(-c4ccsc4)no3)C2)nn1. The molecule has 1 fully saturated rings. The Hall–Kier alpha value is -2.55. The van der Waals surface area contributed by atoms with Gasteiger partial charge in [0.15, 0.2) is 5.69 Å². The van der Waals surface area contributed by atoms with Crippen molar-refractivity contribution in [1.29, 1.82) is 0 Å². The zero-order valence-corrected chi connectivity index (χ0v) is 12.5. The van der Waals surface area contributed by atoms with E-state index in [9.17, 15) is 4.79 Å². The minimum Gasteiger partial charge on any atom is -0.339 e. The van der Waals surface area contributed by atoms with E-state index in [-0.39, 0.29) is 11.8 Å². The van der Waals surface area contributed by atoms with E-state index in [4.69, 9.17) is 4.52 Å². The van der Waals surface area contributed by atoms with Gasteiger partial charge in [-0.25, -0.2) is 0 Å². The Kier molecular flexibility index (Phi) is 3.00. The molecule has 22 heavy (non-hydrogen) atoms. The van der Waals surface area contributed by atoms with Gasteiger partial charge < -0.3 is 9.42 Å². The average molecular weight is 316 g/mol. The van der Waals surface area contributed by atoms with Crippen LogP contribution < -0.4 is 0 Å². The molecule has 0 spiro atoms. The first kappa shape index (κ1) is 13.1. The molecule has 1 aliphatic heterocycles. The van der Waals surface area contributed by atoms with E-state index < -0.39 is 0 Å². The molecule has 3 aromatic heterocycles. The van der Waals surface area contributed by atoms with E-state index in [0.29, 0.717) is 30.5 Å². The van der Waals surface area contributed by atoms with Gasteiger partial charge in [0.2, 0.25) is 11.7 Å². The average Bonchev–Trinajstić information content (AvgIpc) is 3.17. The van der Waals surface area contributed by atoms with Crippen LogP contribution >= 0.6 is 11.3 Å². The number of hydrogen-bond acceptors (Lipinski definition) is 7. The van der Waals surface area contributed by atoms with Gasteiger partial charge in [-0.1, -0.05) is 10.4 Å². The molecule has 0 unspecified atom stereocenters. The van der Waals surface area contributed by atoms with Crippen molar-refractivity contribution in [1.82, 2.24) is 30.0 Å². The number of amides is 1. The molecule has 8 nitrogen and oxygen atoms in total. The lowest BCUT2D eigenvalue weighted by Gasteiger charge is -2.36. The Morgan fingerprint density at radius 2 is 2.32 bits per heavy atom. The quantitative estimate of drug-likeness (QED) is 0.720. The predicted molar refractivity (Wildman–Crippen MR) is 77.3 cm³/mol. The van der Waals surface area contributed by atoms with E-state index in [2.05, 4.69) is 20.5 Å². The molecule has 0 radical (unpaired) electrons.